The van der Waals surface area contributed by atoms with Crippen LogP contribution < -0.4 is 16.2 Å². The van der Waals surface area contributed by atoms with Crippen molar-refractivity contribution in [3.8, 4) is 0 Å². The minimum atomic E-state index is -0.704. The first-order chi connectivity index (χ1) is 14.0. The molecular formula is C22H28N4O3. The molecule has 2 atom stereocenters. The number of aromatic nitrogens is 2. The number of carbonyl (C=O) groups is 2. The van der Waals surface area contributed by atoms with E-state index < -0.39 is 11.8 Å². The molecule has 2 aliphatic rings. The quantitative estimate of drug-likeness (QED) is 0.764. The smallest absolute Gasteiger partial charge is 0.313 e. The maximum Gasteiger partial charge on any atom is 0.313 e. The van der Waals surface area contributed by atoms with E-state index in [9.17, 15) is 14.4 Å². The van der Waals surface area contributed by atoms with Gasteiger partial charge in [-0.05, 0) is 49.8 Å². The van der Waals surface area contributed by atoms with Crippen molar-refractivity contribution in [1.29, 1.82) is 0 Å². The van der Waals surface area contributed by atoms with Crippen LogP contribution >= 0.6 is 0 Å². The van der Waals surface area contributed by atoms with E-state index in [2.05, 4.69) is 22.5 Å². The van der Waals surface area contributed by atoms with Crippen LogP contribution in [0.3, 0.4) is 0 Å². The van der Waals surface area contributed by atoms with Crippen molar-refractivity contribution in [3.63, 3.8) is 0 Å². The standard InChI is InChI=1S/C22H28N4O3/c1-14-7-4-5-8-17(14)25-21(28)20(27)23-15-10-11-18-16(13-15)22(29)26-12-6-2-3-9-19(26)24-18/h10-11,13-14,17H,2-9,12H2,1H3,(H,23,27)(H,25,28)/t14-,17-/m0/s1. The van der Waals surface area contributed by atoms with Crippen LogP contribution in [0.15, 0.2) is 23.0 Å². The molecule has 1 fully saturated rings. The lowest BCUT2D eigenvalue weighted by Crippen LogP contribution is -2.45. The number of amides is 2. The van der Waals surface area contributed by atoms with E-state index in [1.807, 2.05) is 0 Å². The molecule has 154 valence electrons. The minimum Gasteiger partial charge on any atom is -0.345 e. The summed E-state index contributed by atoms with van der Waals surface area (Å²) in [6, 6.07) is 5.09. The Kier molecular flexibility index (Phi) is 5.65. The molecule has 2 heterocycles. The van der Waals surface area contributed by atoms with Crippen molar-refractivity contribution in [2.45, 2.75) is 70.9 Å². The van der Waals surface area contributed by atoms with Gasteiger partial charge in [0.05, 0.1) is 10.9 Å². The summed E-state index contributed by atoms with van der Waals surface area (Å²) in [4.78, 5) is 42.3. The number of hydrogen-bond donors (Lipinski definition) is 2. The van der Waals surface area contributed by atoms with Crippen molar-refractivity contribution in [1.82, 2.24) is 14.9 Å². The number of aryl methyl sites for hydroxylation is 1. The van der Waals surface area contributed by atoms with Gasteiger partial charge in [-0.2, -0.15) is 0 Å². The average Bonchev–Trinajstić information content (AvgIpc) is 2.96. The number of carbonyl (C=O) groups excluding carboxylic acids is 2. The summed E-state index contributed by atoms with van der Waals surface area (Å²) in [5.74, 6) is -0.120. The van der Waals surface area contributed by atoms with Gasteiger partial charge >= 0.3 is 11.8 Å². The third-order valence-electron chi connectivity index (χ3n) is 6.21. The molecule has 0 spiro atoms. The fourth-order valence-corrected chi connectivity index (χ4v) is 4.45. The zero-order valence-corrected chi connectivity index (χ0v) is 16.9. The van der Waals surface area contributed by atoms with Crippen LogP contribution in [-0.2, 0) is 22.6 Å². The molecule has 0 bridgehead atoms. The molecule has 2 N–H and O–H groups in total. The maximum absolute atomic E-state index is 12.9. The minimum absolute atomic E-state index is 0.0444. The second kappa shape index (κ2) is 8.35. The van der Waals surface area contributed by atoms with Crippen LogP contribution in [0.1, 0.15) is 57.7 Å². The molecule has 1 aromatic carbocycles. The molecule has 0 saturated heterocycles. The summed E-state index contributed by atoms with van der Waals surface area (Å²) >= 11 is 0. The van der Waals surface area contributed by atoms with Gasteiger partial charge in [-0.15, -0.1) is 0 Å². The van der Waals surface area contributed by atoms with E-state index in [1.54, 1.807) is 22.8 Å². The molecule has 29 heavy (non-hydrogen) atoms. The van der Waals surface area contributed by atoms with E-state index in [1.165, 1.54) is 6.42 Å². The van der Waals surface area contributed by atoms with Crippen molar-refractivity contribution in [2.75, 3.05) is 5.32 Å². The highest BCUT2D eigenvalue weighted by Crippen LogP contribution is 2.24. The van der Waals surface area contributed by atoms with Gasteiger partial charge in [0.2, 0.25) is 0 Å². The molecule has 1 saturated carbocycles. The van der Waals surface area contributed by atoms with Crippen LogP contribution in [0.4, 0.5) is 5.69 Å². The number of nitrogens with one attached hydrogen (secondary N) is 2. The second-order valence-corrected chi connectivity index (χ2v) is 8.32. The van der Waals surface area contributed by atoms with Crippen LogP contribution in [-0.4, -0.2) is 27.4 Å². The summed E-state index contributed by atoms with van der Waals surface area (Å²) < 4.78 is 1.75. The fourth-order valence-electron chi connectivity index (χ4n) is 4.45. The van der Waals surface area contributed by atoms with Crippen molar-refractivity contribution < 1.29 is 9.59 Å². The third kappa shape index (κ3) is 4.18. The molecule has 0 radical (unpaired) electrons. The molecule has 7 heteroatoms. The Bertz CT molecular complexity index is 997. The number of fused-ring (bicyclic) bond motifs is 2. The Morgan fingerprint density at radius 2 is 1.90 bits per heavy atom. The number of hydrogen-bond acceptors (Lipinski definition) is 4. The summed E-state index contributed by atoms with van der Waals surface area (Å²) in [6.45, 7) is 2.78. The van der Waals surface area contributed by atoms with E-state index in [4.69, 9.17) is 0 Å². The number of anilines is 1. The largest absolute Gasteiger partial charge is 0.345 e. The lowest BCUT2D eigenvalue weighted by Gasteiger charge is -2.29. The highest BCUT2D eigenvalue weighted by molar-refractivity contribution is 6.39. The second-order valence-electron chi connectivity index (χ2n) is 8.32. The van der Waals surface area contributed by atoms with Gasteiger partial charge in [-0.1, -0.05) is 26.2 Å². The predicted octanol–water partition coefficient (Wildman–Crippen LogP) is 2.76. The molecule has 7 nitrogen and oxygen atoms in total. The van der Waals surface area contributed by atoms with Crippen molar-refractivity contribution in [3.05, 3.63) is 34.4 Å². The number of nitrogens with zero attached hydrogens (tertiary/aromatic N) is 2. The summed E-state index contributed by atoms with van der Waals surface area (Å²) in [7, 11) is 0. The topological polar surface area (TPSA) is 93.1 Å². The summed E-state index contributed by atoms with van der Waals surface area (Å²) in [6.07, 6.45) is 8.13. The molecule has 0 unspecified atom stereocenters. The molecule has 1 aliphatic heterocycles. The lowest BCUT2D eigenvalue weighted by molar-refractivity contribution is -0.137. The highest BCUT2D eigenvalue weighted by atomic mass is 16.2. The Labute approximate surface area is 169 Å². The van der Waals surface area contributed by atoms with Gasteiger partial charge in [0.1, 0.15) is 5.82 Å². The van der Waals surface area contributed by atoms with Crippen LogP contribution in [0.25, 0.3) is 10.9 Å². The maximum atomic E-state index is 12.9. The summed E-state index contributed by atoms with van der Waals surface area (Å²) in [5, 5.41) is 5.95. The predicted molar refractivity (Wildman–Crippen MR) is 112 cm³/mol. The van der Waals surface area contributed by atoms with E-state index in [-0.39, 0.29) is 11.6 Å². The fraction of sp³-hybridized carbons (Fsp3) is 0.545. The van der Waals surface area contributed by atoms with Crippen LogP contribution in [0.5, 0.6) is 0 Å². The van der Waals surface area contributed by atoms with E-state index in [0.717, 1.165) is 50.8 Å². The molecule has 2 amide bonds. The van der Waals surface area contributed by atoms with Crippen LogP contribution in [0.2, 0.25) is 0 Å². The Morgan fingerprint density at radius 3 is 2.72 bits per heavy atom. The molecule has 1 aromatic heterocycles. The first-order valence-corrected chi connectivity index (χ1v) is 10.7. The van der Waals surface area contributed by atoms with Gasteiger partial charge in [-0.3, -0.25) is 19.0 Å². The number of rotatable bonds is 2. The average molecular weight is 396 g/mol. The highest BCUT2D eigenvalue weighted by Gasteiger charge is 2.25. The third-order valence-corrected chi connectivity index (χ3v) is 6.21. The molecule has 4 rings (SSSR count). The molecule has 2 aromatic rings. The van der Waals surface area contributed by atoms with Gasteiger partial charge in [0.15, 0.2) is 0 Å². The normalized spacial score (nSPS) is 21.8. The van der Waals surface area contributed by atoms with Gasteiger partial charge < -0.3 is 10.6 Å². The van der Waals surface area contributed by atoms with Crippen molar-refractivity contribution in [2.24, 2.45) is 5.92 Å². The van der Waals surface area contributed by atoms with Gasteiger partial charge in [-0.25, -0.2) is 4.98 Å². The monoisotopic (exact) mass is 396 g/mol. The zero-order chi connectivity index (χ0) is 20.4. The van der Waals surface area contributed by atoms with E-state index in [0.29, 0.717) is 29.1 Å². The van der Waals surface area contributed by atoms with E-state index >= 15 is 0 Å². The Balaban J connectivity index is 1.52. The van der Waals surface area contributed by atoms with Crippen LogP contribution in [0, 0.1) is 5.92 Å². The summed E-state index contributed by atoms with van der Waals surface area (Å²) in [5.41, 5.74) is 0.979. The van der Waals surface area contributed by atoms with Gasteiger partial charge in [0, 0.05) is 24.7 Å². The van der Waals surface area contributed by atoms with Crippen molar-refractivity contribution >= 4 is 28.4 Å². The van der Waals surface area contributed by atoms with Gasteiger partial charge in [0.25, 0.3) is 5.56 Å². The molecular weight excluding hydrogens is 368 g/mol. The first kappa shape index (κ1) is 19.6. The Hall–Kier alpha value is -2.70. The molecule has 1 aliphatic carbocycles. The zero-order valence-electron chi connectivity index (χ0n) is 16.9. The lowest BCUT2D eigenvalue weighted by atomic mass is 9.86. The number of benzene rings is 1. The SMILES string of the molecule is C[C@H]1CCCC[C@@H]1NC(=O)C(=O)Nc1ccc2nc3n(c(=O)c2c1)CCCCC3. The first-order valence-electron chi connectivity index (χ1n) is 10.7. The Morgan fingerprint density at radius 1 is 1.07 bits per heavy atom.